The molecule has 2 aromatic carbocycles. The highest BCUT2D eigenvalue weighted by molar-refractivity contribution is 6.01. The van der Waals surface area contributed by atoms with E-state index < -0.39 is 17.6 Å². The fourth-order valence-electron chi connectivity index (χ4n) is 4.36. The predicted molar refractivity (Wildman–Crippen MR) is 142 cm³/mol. The van der Waals surface area contributed by atoms with Crippen molar-refractivity contribution in [3.05, 3.63) is 95.3 Å². The first-order chi connectivity index (χ1) is 18.7. The van der Waals surface area contributed by atoms with Gasteiger partial charge in [0.2, 0.25) is 5.82 Å². The van der Waals surface area contributed by atoms with Gasteiger partial charge in [0, 0.05) is 67.8 Å². The van der Waals surface area contributed by atoms with Crippen molar-refractivity contribution < 1.29 is 18.0 Å². The third kappa shape index (κ3) is 6.57. The fraction of sp³-hybridized carbons (Fsp3) is 0.241. The van der Waals surface area contributed by atoms with Crippen LogP contribution in [0.2, 0.25) is 0 Å². The van der Waals surface area contributed by atoms with E-state index in [1.165, 1.54) is 6.20 Å². The number of rotatable bonds is 4. The van der Waals surface area contributed by atoms with E-state index in [1.807, 2.05) is 31.3 Å². The van der Waals surface area contributed by atoms with E-state index in [-0.39, 0.29) is 11.5 Å². The van der Waals surface area contributed by atoms with Crippen LogP contribution in [0.25, 0.3) is 10.8 Å². The van der Waals surface area contributed by atoms with Gasteiger partial charge in [0.1, 0.15) is 5.69 Å². The summed E-state index contributed by atoms with van der Waals surface area (Å²) in [5.41, 5.74) is 0.667. The van der Waals surface area contributed by atoms with Crippen LogP contribution in [-0.2, 0) is 12.7 Å². The highest BCUT2D eigenvalue weighted by Gasteiger charge is 2.31. The van der Waals surface area contributed by atoms with Crippen LogP contribution in [0, 0.1) is 11.8 Å². The van der Waals surface area contributed by atoms with Gasteiger partial charge in [-0.15, -0.1) is 0 Å². The van der Waals surface area contributed by atoms with Crippen LogP contribution in [-0.4, -0.2) is 63.9 Å². The normalized spacial score (nSPS) is 14.6. The fourth-order valence-corrected chi connectivity index (χ4v) is 4.36. The van der Waals surface area contributed by atoms with Crippen LogP contribution < -0.4 is 5.32 Å². The second-order valence-electron chi connectivity index (χ2n) is 9.37. The van der Waals surface area contributed by atoms with Crippen LogP contribution in [0.4, 0.5) is 18.9 Å². The number of piperazine rings is 1. The van der Waals surface area contributed by atoms with Gasteiger partial charge in [-0.2, -0.15) is 13.2 Å². The maximum atomic E-state index is 13.6. The molecule has 0 bridgehead atoms. The first kappa shape index (κ1) is 26.3. The number of carbonyl (C=O) groups excluding carboxylic acids is 1. The van der Waals surface area contributed by atoms with Crippen LogP contribution in [0.15, 0.2) is 67.1 Å². The number of carbonyl (C=O) groups is 1. The zero-order valence-corrected chi connectivity index (χ0v) is 21.2. The number of alkyl halides is 3. The van der Waals surface area contributed by atoms with E-state index >= 15 is 0 Å². The largest absolute Gasteiger partial charge is 0.416 e. The minimum Gasteiger partial charge on any atom is -0.319 e. The molecule has 1 aliphatic heterocycles. The summed E-state index contributed by atoms with van der Waals surface area (Å²) in [5, 5.41) is 4.41. The highest BCUT2D eigenvalue weighted by atomic mass is 19.4. The summed E-state index contributed by atoms with van der Waals surface area (Å²) < 4.78 is 40.9. The molecule has 3 heterocycles. The monoisotopic (exact) mass is 530 g/mol. The van der Waals surface area contributed by atoms with E-state index in [1.54, 1.807) is 24.5 Å². The molecule has 7 nitrogen and oxygen atoms in total. The van der Waals surface area contributed by atoms with Gasteiger partial charge in [-0.3, -0.25) is 14.7 Å². The first-order valence-electron chi connectivity index (χ1n) is 12.4. The lowest BCUT2D eigenvalue weighted by Crippen LogP contribution is -2.43. The number of nitrogens with one attached hydrogen (secondary N) is 1. The molecule has 0 unspecified atom stereocenters. The minimum atomic E-state index is -4.56. The van der Waals surface area contributed by atoms with Gasteiger partial charge in [0.25, 0.3) is 5.91 Å². The average Bonchev–Trinajstić information content (AvgIpc) is 2.93. The second kappa shape index (κ2) is 11.2. The van der Waals surface area contributed by atoms with Crippen molar-refractivity contribution in [2.45, 2.75) is 12.7 Å². The van der Waals surface area contributed by atoms with Crippen LogP contribution in [0.1, 0.15) is 33.0 Å². The number of benzene rings is 2. The molecule has 1 fully saturated rings. The van der Waals surface area contributed by atoms with Gasteiger partial charge >= 0.3 is 6.18 Å². The Morgan fingerprint density at radius 3 is 2.62 bits per heavy atom. The number of pyridine rings is 1. The maximum absolute atomic E-state index is 13.6. The molecule has 1 saturated heterocycles. The molecule has 0 radical (unpaired) electrons. The minimum absolute atomic E-state index is 0.0286. The number of likely N-dealkylation sites (N-methyl/N-ethyl adjacent to an activating group) is 1. The first-order valence-corrected chi connectivity index (χ1v) is 12.4. The SMILES string of the molecule is CN1CCN(Cc2cc(NC(=O)c3nccc(C#Cc4cncc5ccccc45)n3)cc(C(F)(F)F)c2)CC1. The summed E-state index contributed by atoms with van der Waals surface area (Å²) in [7, 11) is 2.01. The molecule has 4 aromatic rings. The van der Waals surface area contributed by atoms with Gasteiger partial charge in [0.15, 0.2) is 0 Å². The summed E-state index contributed by atoms with van der Waals surface area (Å²) in [5.74, 6) is 5.02. The third-order valence-corrected chi connectivity index (χ3v) is 6.43. The van der Waals surface area contributed by atoms with Gasteiger partial charge in [-0.1, -0.05) is 30.2 Å². The number of halogens is 3. The topological polar surface area (TPSA) is 74.2 Å². The molecule has 1 aliphatic rings. The molecular formula is C29H25F3N6O. The Labute approximate surface area is 223 Å². The summed E-state index contributed by atoms with van der Waals surface area (Å²) in [6, 6.07) is 12.9. The van der Waals surface area contributed by atoms with Crippen molar-refractivity contribution in [1.82, 2.24) is 24.8 Å². The zero-order chi connectivity index (χ0) is 27.4. The second-order valence-corrected chi connectivity index (χ2v) is 9.37. The van der Waals surface area contributed by atoms with E-state index in [9.17, 15) is 18.0 Å². The Morgan fingerprint density at radius 2 is 1.82 bits per heavy atom. The number of nitrogens with zero attached hydrogens (tertiary/aromatic N) is 5. The standard InChI is InChI=1S/C29H25F3N6O/c1-37-10-12-38(13-11-37)19-20-14-23(29(30,31)32)16-25(15-20)36-28(39)27-34-9-8-24(35-27)7-6-22-18-33-17-21-4-2-3-5-26(21)22/h2-5,8-9,14-18H,10-13,19H2,1H3,(H,36,39). The molecule has 198 valence electrons. The zero-order valence-electron chi connectivity index (χ0n) is 21.2. The van der Waals surface area contributed by atoms with Crippen molar-refractivity contribution in [2.75, 3.05) is 38.5 Å². The smallest absolute Gasteiger partial charge is 0.319 e. The molecule has 2 aromatic heterocycles. The van der Waals surface area contributed by atoms with E-state index in [4.69, 9.17) is 0 Å². The van der Waals surface area contributed by atoms with Gasteiger partial charge < -0.3 is 10.2 Å². The summed E-state index contributed by atoms with van der Waals surface area (Å²) in [6.45, 7) is 3.55. The predicted octanol–water partition coefficient (Wildman–Crippen LogP) is 4.44. The molecule has 0 aliphatic carbocycles. The molecule has 1 N–H and O–H groups in total. The Kier molecular flexibility index (Phi) is 7.54. The highest BCUT2D eigenvalue weighted by Crippen LogP contribution is 2.32. The average molecular weight is 531 g/mol. The molecule has 39 heavy (non-hydrogen) atoms. The van der Waals surface area contributed by atoms with Crippen LogP contribution in [0.5, 0.6) is 0 Å². The van der Waals surface area contributed by atoms with Gasteiger partial charge in [-0.05, 0) is 42.8 Å². The van der Waals surface area contributed by atoms with Crippen LogP contribution in [0.3, 0.4) is 0 Å². The number of fused-ring (bicyclic) bond motifs is 1. The van der Waals surface area contributed by atoms with E-state index in [0.717, 1.165) is 49.1 Å². The number of hydrogen-bond acceptors (Lipinski definition) is 6. The van der Waals surface area contributed by atoms with Crippen molar-refractivity contribution in [2.24, 2.45) is 0 Å². The molecule has 10 heteroatoms. The summed E-state index contributed by atoms with van der Waals surface area (Å²) in [4.78, 5) is 29.6. The van der Waals surface area contributed by atoms with Crippen molar-refractivity contribution >= 4 is 22.4 Å². The van der Waals surface area contributed by atoms with Crippen molar-refractivity contribution in [3.8, 4) is 11.8 Å². The molecule has 0 spiro atoms. The Hall–Kier alpha value is -4.33. The van der Waals surface area contributed by atoms with Gasteiger partial charge in [0.05, 0.1) is 11.1 Å². The summed E-state index contributed by atoms with van der Waals surface area (Å²) in [6.07, 6.45) is 0.230. The Morgan fingerprint density at radius 1 is 1.03 bits per heavy atom. The van der Waals surface area contributed by atoms with Gasteiger partial charge in [-0.25, -0.2) is 9.97 Å². The van der Waals surface area contributed by atoms with E-state index in [0.29, 0.717) is 23.4 Å². The number of hydrogen-bond donors (Lipinski definition) is 1. The number of anilines is 1. The molecule has 0 saturated carbocycles. The Bertz CT molecular complexity index is 1560. The molecule has 0 atom stereocenters. The lowest BCUT2D eigenvalue weighted by Gasteiger charge is -2.32. The summed E-state index contributed by atoms with van der Waals surface area (Å²) >= 11 is 0. The quantitative estimate of drug-likeness (QED) is 0.394. The lowest BCUT2D eigenvalue weighted by molar-refractivity contribution is -0.137. The number of aromatic nitrogens is 3. The molecule has 1 amide bonds. The van der Waals surface area contributed by atoms with Crippen LogP contribution >= 0.6 is 0 Å². The molecule has 5 rings (SSSR count). The maximum Gasteiger partial charge on any atom is 0.416 e. The van der Waals surface area contributed by atoms with E-state index in [2.05, 4.69) is 41.9 Å². The Balaban J connectivity index is 1.36. The lowest BCUT2D eigenvalue weighted by atomic mass is 10.1. The third-order valence-electron chi connectivity index (χ3n) is 6.43. The molecular weight excluding hydrogens is 505 g/mol. The number of amides is 1. The van der Waals surface area contributed by atoms with Crippen molar-refractivity contribution in [3.63, 3.8) is 0 Å². The van der Waals surface area contributed by atoms with Crippen molar-refractivity contribution in [1.29, 1.82) is 0 Å².